The number of nitrogens with zero attached hydrogens (tertiary/aromatic N) is 3. The highest BCUT2D eigenvalue weighted by Gasteiger charge is 2.34. The zero-order valence-corrected chi connectivity index (χ0v) is 58.1. The Kier molecular flexibility index (Phi) is 18.5. The molecule has 0 spiro atoms. The monoisotopic (exact) mass is 1310 g/mol. The number of aliphatic hydroxyl groups excluding tert-OH is 3. The highest BCUT2D eigenvalue weighted by atomic mass is 16.5. The van der Waals surface area contributed by atoms with Gasteiger partial charge in [-0.3, -0.25) is 4.98 Å². The maximum atomic E-state index is 13.2. The molecule has 0 aliphatic carbocycles. The fourth-order valence-corrected chi connectivity index (χ4v) is 15.0. The third-order valence-corrected chi connectivity index (χ3v) is 18.7. The Hall–Kier alpha value is -9.25. The van der Waals surface area contributed by atoms with Gasteiger partial charge >= 0.3 is 0 Å². The van der Waals surface area contributed by atoms with Crippen molar-refractivity contribution in [1.82, 2.24) is 4.98 Å². The molecule has 14 heteroatoms. The second-order valence-corrected chi connectivity index (χ2v) is 28.9. The maximum Gasteiger partial charge on any atom is 0.235 e. The standard InChI is InChI=1S/2C28H29NO4.C28H29NO3/c2*1-17-15-19-7-5-6-8-20(19)26(24(17)23(16-30)33-28(2,3)4)21-9-10-22-25-18(12-14-32-22)11-13-29(31)27(21)25;1-17-15-19-7-5-6-8-20(19)26(24(17)23(16-30)32-28(2,3)4)21-9-10-22-25-18(12-14-31-22)11-13-29-27(21)25/h2*5-11,13,15,23,30H,12,14,16H2,1-4H3;5-11,13,15,23,30H,12,14,16H2,1-4H3/t3*23-/m111/s1. The van der Waals surface area contributed by atoms with Crippen LogP contribution >= 0.6 is 0 Å². The summed E-state index contributed by atoms with van der Waals surface area (Å²) in [6.07, 6.45) is 5.96. The van der Waals surface area contributed by atoms with E-state index < -0.39 is 35.1 Å². The first-order valence-corrected chi connectivity index (χ1v) is 34.0. The Morgan fingerprint density at radius 3 is 1.11 bits per heavy atom. The van der Waals surface area contributed by atoms with E-state index in [1.807, 2.05) is 143 Å². The number of hydrogen-bond acceptors (Lipinski definition) is 12. The summed E-state index contributed by atoms with van der Waals surface area (Å²) in [6, 6.07) is 49.1. The molecule has 3 aliphatic rings. The lowest BCUT2D eigenvalue weighted by molar-refractivity contribution is -0.576. The lowest BCUT2D eigenvalue weighted by atomic mass is 9.85. The topological polar surface area (TPSA) is 183 Å². The number of aliphatic hydroxyl groups is 3. The molecule has 0 fully saturated rings. The molecule has 9 aromatic carbocycles. The highest BCUT2D eigenvalue weighted by molar-refractivity contribution is 6.10. The molecule has 0 bridgehead atoms. The van der Waals surface area contributed by atoms with E-state index in [-0.39, 0.29) is 19.8 Å². The van der Waals surface area contributed by atoms with Crippen molar-refractivity contribution in [2.75, 3.05) is 39.6 Å². The minimum absolute atomic E-state index is 0.0960. The molecule has 3 aromatic heterocycles. The summed E-state index contributed by atoms with van der Waals surface area (Å²) in [7, 11) is 0. The summed E-state index contributed by atoms with van der Waals surface area (Å²) in [5, 5.41) is 66.9. The van der Waals surface area contributed by atoms with Crippen LogP contribution in [0.25, 0.3) is 98.4 Å². The van der Waals surface area contributed by atoms with Crippen molar-refractivity contribution in [1.29, 1.82) is 0 Å². The van der Waals surface area contributed by atoms with Gasteiger partial charge in [0.15, 0.2) is 12.4 Å². The molecule has 3 aliphatic heterocycles. The second kappa shape index (κ2) is 26.9. The minimum Gasteiger partial charge on any atom is -0.618 e. The smallest absolute Gasteiger partial charge is 0.235 e. The van der Waals surface area contributed by atoms with Crippen LogP contribution in [0.4, 0.5) is 0 Å². The number of fused-ring (bicyclic) bond motifs is 3. The SMILES string of the molecule is Cc1cc2ccccc2c(-c2ccc3c4c(cc[n+]([O-])c24)CCO3)c1[C@@H](CO)OC(C)(C)C.Cc1cc2ccccc2c(-c2ccc3c4c(cc[n+]([O-])c24)CCO3)c1[C@@H](CO)OC(C)(C)C.Cc1cc2ccccc2c(-c2ccc3c4c(ccnc24)CCO3)c1[C@@H](CO)OC(C)(C)C. The molecule has 0 unspecified atom stereocenters. The zero-order valence-electron chi connectivity index (χ0n) is 58.1. The van der Waals surface area contributed by atoms with Gasteiger partial charge in [0.05, 0.1) is 83.9 Å². The fourth-order valence-electron chi connectivity index (χ4n) is 15.0. The van der Waals surface area contributed by atoms with Crippen LogP contribution in [0.15, 0.2) is 164 Å². The van der Waals surface area contributed by atoms with Crippen molar-refractivity contribution in [3.63, 3.8) is 0 Å². The van der Waals surface area contributed by atoms with Crippen molar-refractivity contribution in [2.24, 2.45) is 0 Å². The lowest BCUT2D eigenvalue weighted by Gasteiger charge is -2.30. The van der Waals surface area contributed by atoms with E-state index >= 15 is 0 Å². The minimum atomic E-state index is -0.535. The predicted molar refractivity (Wildman–Crippen MR) is 390 cm³/mol. The second-order valence-electron chi connectivity index (χ2n) is 28.9. The Balaban J connectivity index is 0.000000132. The molecule has 98 heavy (non-hydrogen) atoms. The normalized spacial score (nSPS) is 14.5. The molecule has 12 aromatic rings. The van der Waals surface area contributed by atoms with Crippen molar-refractivity contribution >= 4 is 65.0 Å². The molecule has 0 amide bonds. The van der Waals surface area contributed by atoms with Crippen LogP contribution in [0.5, 0.6) is 17.2 Å². The van der Waals surface area contributed by atoms with E-state index in [1.165, 1.54) is 5.56 Å². The number of aryl methyl sites for hydroxylation is 3. The molecule has 504 valence electrons. The van der Waals surface area contributed by atoms with E-state index in [2.05, 4.69) is 91.9 Å². The van der Waals surface area contributed by atoms with Gasteiger partial charge in [0.2, 0.25) is 11.0 Å². The summed E-state index contributed by atoms with van der Waals surface area (Å²) in [4.78, 5) is 4.81. The molecule has 15 rings (SSSR count). The van der Waals surface area contributed by atoms with Crippen LogP contribution in [-0.2, 0) is 33.5 Å². The summed E-state index contributed by atoms with van der Waals surface area (Å²) in [5.74, 6) is 2.37. The van der Waals surface area contributed by atoms with E-state index in [9.17, 15) is 25.7 Å². The predicted octanol–water partition coefficient (Wildman–Crippen LogP) is 16.9. The van der Waals surface area contributed by atoms with Gasteiger partial charge in [0, 0.05) is 59.7 Å². The lowest BCUT2D eigenvalue weighted by Crippen LogP contribution is -2.29. The molecule has 6 heterocycles. The summed E-state index contributed by atoms with van der Waals surface area (Å²) in [5.41, 5.74) is 15.9. The molecular formula is C84H87N3O11. The quantitative estimate of drug-likeness (QED) is 0.0778. The Labute approximate surface area is 572 Å². The number of ether oxygens (including phenoxy) is 6. The molecule has 3 N–H and O–H groups in total. The Bertz CT molecular complexity index is 4820. The average Bonchev–Trinajstić information content (AvgIpc) is 0.734. The van der Waals surface area contributed by atoms with Gasteiger partial charge in [-0.1, -0.05) is 91.0 Å². The van der Waals surface area contributed by atoms with Gasteiger partial charge in [-0.15, -0.1) is 0 Å². The number of rotatable bonds is 12. The van der Waals surface area contributed by atoms with E-state index in [4.69, 9.17) is 33.4 Å². The number of aromatic nitrogens is 3. The van der Waals surface area contributed by atoms with Crippen LogP contribution in [0, 0.1) is 31.2 Å². The third kappa shape index (κ3) is 13.0. The van der Waals surface area contributed by atoms with Crippen LogP contribution in [0.3, 0.4) is 0 Å². The Morgan fingerprint density at radius 1 is 0.429 bits per heavy atom. The first-order chi connectivity index (χ1) is 46.9. The van der Waals surface area contributed by atoms with Gasteiger partial charge in [-0.2, -0.15) is 9.46 Å². The van der Waals surface area contributed by atoms with Crippen molar-refractivity contribution in [2.45, 2.75) is 137 Å². The van der Waals surface area contributed by atoms with E-state index in [1.54, 1.807) is 12.4 Å². The van der Waals surface area contributed by atoms with Gasteiger partial charge in [-0.05, 0) is 214 Å². The van der Waals surface area contributed by atoms with Crippen LogP contribution in [-0.4, -0.2) is 76.7 Å². The summed E-state index contributed by atoms with van der Waals surface area (Å²) >= 11 is 0. The first-order valence-electron chi connectivity index (χ1n) is 34.0. The van der Waals surface area contributed by atoms with E-state index in [0.717, 1.165) is 178 Å². The largest absolute Gasteiger partial charge is 0.618 e. The van der Waals surface area contributed by atoms with E-state index in [0.29, 0.717) is 30.9 Å². The zero-order chi connectivity index (χ0) is 69.1. The van der Waals surface area contributed by atoms with Crippen LogP contribution in [0.2, 0.25) is 0 Å². The molecule has 0 saturated carbocycles. The molecule has 0 radical (unpaired) electrons. The van der Waals surface area contributed by atoms with Crippen molar-refractivity contribution in [3.8, 4) is 50.6 Å². The van der Waals surface area contributed by atoms with Crippen molar-refractivity contribution in [3.05, 3.63) is 225 Å². The van der Waals surface area contributed by atoms with Gasteiger partial charge in [0.25, 0.3) is 0 Å². The summed E-state index contributed by atoms with van der Waals surface area (Å²) < 4.78 is 38.6. The van der Waals surface area contributed by atoms with Crippen molar-refractivity contribution < 1.29 is 53.2 Å². The van der Waals surface area contributed by atoms with Crippen LogP contribution in [0.1, 0.15) is 131 Å². The van der Waals surface area contributed by atoms with Gasteiger partial charge in [-0.25, -0.2) is 0 Å². The molecule has 0 saturated heterocycles. The Morgan fingerprint density at radius 2 is 0.755 bits per heavy atom. The summed E-state index contributed by atoms with van der Waals surface area (Å²) in [6.45, 7) is 25.6. The van der Waals surface area contributed by atoms with Gasteiger partial charge in [0.1, 0.15) is 35.6 Å². The number of pyridine rings is 3. The van der Waals surface area contributed by atoms with Gasteiger partial charge < -0.3 is 54.2 Å². The molecule has 14 nitrogen and oxygen atoms in total. The average molecular weight is 1310 g/mol. The third-order valence-electron chi connectivity index (χ3n) is 18.7. The first kappa shape index (κ1) is 67.3. The number of benzene rings is 9. The molecule has 3 atom stereocenters. The molecular weight excluding hydrogens is 1230 g/mol. The number of hydrogen-bond donors (Lipinski definition) is 3. The maximum absolute atomic E-state index is 13.2. The van der Waals surface area contributed by atoms with Crippen LogP contribution < -0.4 is 23.7 Å². The highest BCUT2D eigenvalue weighted by Crippen LogP contribution is 2.49. The fraction of sp³-hybridized carbons (Fsp3) is 0.321.